The van der Waals surface area contributed by atoms with E-state index in [-0.39, 0.29) is 12.5 Å². The molecule has 1 aromatic rings. The Labute approximate surface area is 137 Å². The molecule has 124 valence electrons. The van der Waals surface area contributed by atoms with E-state index in [1.807, 2.05) is 0 Å². The first kappa shape index (κ1) is 17.0. The summed E-state index contributed by atoms with van der Waals surface area (Å²) in [6.07, 6.45) is 10.1. The third-order valence-electron chi connectivity index (χ3n) is 4.09. The zero-order valence-electron chi connectivity index (χ0n) is 13.7. The Morgan fingerprint density at radius 2 is 1.96 bits per heavy atom. The molecule has 0 saturated heterocycles. The van der Waals surface area contributed by atoms with Crippen LogP contribution < -0.4 is 19.5 Å². The average Bonchev–Trinajstić information content (AvgIpc) is 2.54. The Hall–Kier alpha value is -2.35. The number of methoxy groups -OCH3 is 2. The molecular weight excluding hydrogens is 294 g/mol. The van der Waals surface area contributed by atoms with E-state index in [0.717, 1.165) is 12.3 Å². The maximum atomic E-state index is 12.3. The van der Waals surface area contributed by atoms with Crippen LogP contribution in [0.3, 0.4) is 0 Å². The fourth-order valence-corrected chi connectivity index (χ4v) is 2.54. The van der Waals surface area contributed by atoms with Crippen LogP contribution in [0.1, 0.15) is 36.0 Å². The van der Waals surface area contributed by atoms with Gasteiger partial charge in [-0.1, -0.05) is 25.2 Å². The Bertz CT molecular complexity index is 562. The van der Waals surface area contributed by atoms with Gasteiger partial charge in [-0.3, -0.25) is 4.79 Å². The summed E-state index contributed by atoms with van der Waals surface area (Å²) in [6.45, 7) is 0.781. The highest BCUT2D eigenvalue weighted by Gasteiger charge is 2.19. The van der Waals surface area contributed by atoms with Gasteiger partial charge in [-0.2, -0.15) is 0 Å². The van der Waals surface area contributed by atoms with Gasteiger partial charge in [0.05, 0.1) is 14.2 Å². The van der Waals surface area contributed by atoms with Crippen LogP contribution in [0.4, 0.5) is 0 Å². The van der Waals surface area contributed by atoms with Gasteiger partial charge in [0.15, 0.2) is 11.5 Å². The lowest BCUT2D eigenvalue weighted by Gasteiger charge is -2.25. The van der Waals surface area contributed by atoms with Crippen LogP contribution in [-0.2, 0) is 0 Å². The fraction of sp³-hybridized carbons (Fsp3) is 0.500. The van der Waals surface area contributed by atoms with Crippen molar-refractivity contribution in [3.05, 3.63) is 17.7 Å². The molecule has 1 amide bonds. The summed E-state index contributed by atoms with van der Waals surface area (Å²) in [5, 5.41) is 2.94. The molecule has 5 heteroatoms. The molecule has 0 aliphatic heterocycles. The second-order valence-electron chi connectivity index (χ2n) is 5.54. The summed E-state index contributed by atoms with van der Waals surface area (Å²) in [4.78, 5) is 12.3. The molecule has 1 saturated carbocycles. The van der Waals surface area contributed by atoms with Gasteiger partial charge in [-0.15, -0.1) is 6.42 Å². The molecule has 1 fully saturated rings. The molecule has 5 nitrogen and oxygen atoms in total. The maximum absolute atomic E-state index is 12.3. The van der Waals surface area contributed by atoms with Crippen molar-refractivity contribution >= 4 is 5.91 Å². The third kappa shape index (κ3) is 4.32. The largest absolute Gasteiger partial charge is 0.493 e. The minimum atomic E-state index is -0.149. The van der Waals surface area contributed by atoms with Crippen molar-refractivity contribution in [2.75, 3.05) is 27.4 Å². The smallest absolute Gasteiger partial charge is 0.251 e. The van der Waals surface area contributed by atoms with Crippen LogP contribution in [0, 0.1) is 18.3 Å². The van der Waals surface area contributed by atoms with Crippen molar-refractivity contribution in [3.63, 3.8) is 0 Å². The number of carbonyl (C=O) groups is 1. The van der Waals surface area contributed by atoms with Crippen LogP contribution in [0.2, 0.25) is 0 Å². The molecule has 2 rings (SSSR count). The van der Waals surface area contributed by atoms with E-state index in [1.165, 1.54) is 33.5 Å². The normalized spacial score (nSPS) is 13.6. The summed E-state index contributed by atoms with van der Waals surface area (Å²) >= 11 is 0. The molecule has 0 aromatic heterocycles. The van der Waals surface area contributed by atoms with Gasteiger partial charge in [-0.05, 0) is 24.5 Å². The number of hydrogen-bond acceptors (Lipinski definition) is 4. The Balaban J connectivity index is 2.07. The highest BCUT2D eigenvalue weighted by atomic mass is 16.5. The van der Waals surface area contributed by atoms with E-state index < -0.39 is 0 Å². The molecule has 1 aliphatic carbocycles. The molecule has 0 unspecified atom stereocenters. The van der Waals surface area contributed by atoms with Crippen LogP contribution >= 0.6 is 0 Å². The first-order valence-corrected chi connectivity index (χ1v) is 7.80. The van der Waals surface area contributed by atoms with Crippen molar-refractivity contribution in [3.8, 4) is 29.6 Å². The number of benzene rings is 1. The summed E-state index contributed by atoms with van der Waals surface area (Å²) in [5.41, 5.74) is 0.473. The predicted molar refractivity (Wildman–Crippen MR) is 88.2 cm³/mol. The highest BCUT2D eigenvalue weighted by molar-refractivity contribution is 5.95. The van der Waals surface area contributed by atoms with Crippen molar-refractivity contribution in [2.45, 2.75) is 25.7 Å². The highest BCUT2D eigenvalue weighted by Crippen LogP contribution is 2.38. The molecule has 0 heterocycles. The quantitative estimate of drug-likeness (QED) is 0.749. The van der Waals surface area contributed by atoms with E-state index in [0.29, 0.717) is 29.4 Å². The van der Waals surface area contributed by atoms with Gasteiger partial charge in [0, 0.05) is 12.1 Å². The van der Waals surface area contributed by atoms with E-state index in [2.05, 4.69) is 11.2 Å². The average molecular weight is 317 g/mol. The molecule has 1 aromatic carbocycles. The second-order valence-corrected chi connectivity index (χ2v) is 5.54. The molecule has 23 heavy (non-hydrogen) atoms. The first-order chi connectivity index (χ1) is 11.2. The third-order valence-corrected chi connectivity index (χ3v) is 4.09. The molecule has 0 radical (unpaired) electrons. The number of ether oxygens (including phenoxy) is 3. The summed E-state index contributed by atoms with van der Waals surface area (Å²) < 4.78 is 16.0. The van der Waals surface area contributed by atoms with Gasteiger partial charge in [0.1, 0.15) is 6.61 Å². The molecule has 0 spiro atoms. The molecule has 0 bridgehead atoms. The summed E-state index contributed by atoms with van der Waals surface area (Å²) in [6, 6.07) is 3.26. The zero-order valence-corrected chi connectivity index (χ0v) is 13.7. The van der Waals surface area contributed by atoms with Crippen molar-refractivity contribution < 1.29 is 19.0 Å². The molecule has 1 N–H and O–H groups in total. The van der Waals surface area contributed by atoms with Crippen molar-refractivity contribution in [2.24, 2.45) is 5.92 Å². The monoisotopic (exact) mass is 317 g/mol. The van der Waals surface area contributed by atoms with Crippen LogP contribution in [0.15, 0.2) is 12.1 Å². The van der Waals surface area contributed by atoms with Gasteiger partial charge in [0.2, 0.25) is 5.75 Å². The number of amides is 1. The van der Waals surface area contributed by atoms with E-state index in [1.54, 1.807) is 12.1 Å². The van der Waals surface area contributed by atoms with Gasteiger partial charge < -0.3 is 19.5 Å². The number of hydrogen-bond donors (Lipinski definition) is 1. The first-order valence-electron chi connectivity index (χ1n) is 7.80. The van der Waals surface area contributed by atoms with Gasteiger partial charge >= 0.3 is 0 Å². The van der Waals surface area contributed by atoms with E-state index >= 15 is 0 Å². The predicted octanol–water partition coefficient (Wildman–Crippen LogP) is 2.64. The summed E-state index contributed by atoms with van der Waals surface area (Å²) in [5.74, 6) is 4.25. The number of nitrogens with one attached hydrogen (secondary N) is 1. The number of carbonyl (C=O) groups excluding carboxylic acids is 1. The molecule has 1 aliphatic rings. The topological polar surface area (TPSA) is 56.8 Å². The Morgan fingerprint density at radius 3 is 2.43 bits per heavy atom. The molecule has 0 atom stereocenters. The standard InChI is InChI=1S/C18H23NO4/c1-4-10-23-17-15(21-2)11-14(12-16(17)22-3)18(20)19-9-8-13-6-5-7-13/h1,11-13H,5-10H2,2-3H3,(H,19,20). The van der Waals surface area contributed by atoms with Gasteiger partial charge in [0.25, 0.3) is 5.91 Å². The molecular formula is C18H23NO4. The Kier molecular flexibility index (Phi) is 6.16. The van der Waals surface area contributed by atoms with E-state index in [4.69, 9.17) is 20.6 Å². The number of terminal acetylenes is 1. The maximum Gasteiger partial charge on any atom is 0.251 e. The van der Waals surface area contributed by atoms with Crippen molar-refractivity contribution in [1.29, 1.82) is 0 Å². The van der Waals surface area contributed by atoms with E-state index in [9.17, 15) is 4.79 Å². The lowest BCUT2D eigenvalue weighted by Crippen LogP contribution is -2.27. The number of rotatable bonds is 8. The second kappa shape index (κ2) is 8.33. The minimum absolute atomic E-state index is 0.0969. The van der Waals surface area contributed by atoms with Gasteiger partial charge in [-0.25, -0.2) is 0 Å². The lowest BCUT2D eigenvalue weighted by atomic mass is 9.83. The minimum Gasteiger partial charge on any atom is -0.493 e. The lowest BCUT2D eigenvalue weighted by molar-refractivity contribution is 0.0948. The Morgan fingerprint density at radius 1 is 1.30 bits per heavy atom. The van der Waals surface area contributed by atoms with Crippen LogP contribution in [0.5, 0.6) is 17.2 Å². The summed E-state index contributed by atoms with van der Waals surface area (Å²) in [7, 11) is 3.02. The fourth-order valence-electron chi connectivity index (χ4n) is 2.54. The van der Waals surface area contributed by atoms with Crippen molar-refractivity contribution in [1.82, 2.24) is 5.32 Å². The van der Waals surface area contributed by atoms with Crippen LogP contribution in [-0.4, -0.2) is 33.3 Å². The van der Waals surface area contributed by atoms with Crippen LogP contribution in [0.25, 0.3) is 0 Å². The SMILES string of the molecule is C#CCOc1c(OC)cc(C(=O)NCCC2CCC2)cc1OC. The zero-order chi connectivity index (χ0) is 16.7.